The van der Waals surface area contributed by atoms with Crippen LogP contribution in [-0.2, 0) is 9.53 Å². The number of hydrogen-bond acceptors (Lipinski definition) is 3. The van der Waals surface area contributed by atoms with E-state index in [1.54, 1.807) is 0 Å². The number of hydrogen-bond donors (Lipinski definition) is 1. The molecule has 0 amide bonds. The number of carbonyl (C=O) groups excluding carboxylic acids is 1. The van der Waals surface area contributed by atoms with E-state index in [0.29, 0.717) is 13.2 Å². The normalized spacial score (nSPS) is 15.6. The second-order valence-corrected chi connectivity index (χ2v) is 3.61. The maximum atomic E-state index is 11.1. The van der Waals surface area contributed by atoms with Gasteiger partial charge < -0.3 is 4.74 Å². The van der Waals surface area contributed by atoms with Crippen molar-refractivity contribution in [1.29, 1.82) is 0 Å². The van der Waals surface area contributed by atoms with Gasteiger partial charge in [-0.05, 0) is 12.3 Å². The Hall–Kier alpha value is -1.01. The molecule has 0 atom stereocenters. The molecule has 1 aliphatic rings. The lowest BCUT2D eigenvalue weighted by atomic mass is 9.83. The molecule has 78 valence electrons. The fourth-order valence-corrected chi connectivity index (χ4v) is 1.41. The van der Waals surface area contributed by atoms with Crippen LogP contribution in [0.15, 0.2) is 0 Å². The zero-order valence-electron chi connectivity index (χ0n) is 8.42. The molecule has 0 aromatic heterocycles. The molecule has 1 N–H and O–H groups in total. The topological polar surface area (TPSA) is 38.3 Å². The van der Waals surface area contributed by atoms with Crippen molar-refractivity contribution < 1.29 is 9.53 Å². The molecule has 0 aliphatic heterocycles. The summed E-state index contributed by atoms with van der Waals surface area (Å²) in [6.45, 7) is 1.19. The molecule has 1 fully saturated rings. The van der Waals surface area contributed by atoms with Gasteiger partial charge in [0.1, 0.15) is 0 Å². The van der Waals surface area contributed by atoms with Gasteiger partial charge in [0.2, 0.25) is 0 Å². The van der Waals surface area contributed by atoms with E-state index < -0.39 is 0 Å². The molecule has 1 rings (SSSR count). The van der Waals surface area contributed by atoms with E-state index in [4.69, 9.17) is 11.2 Å². The van der Waals surface area contributed by atoms with Gasteiger partial charge in [0.25, 0.3) is 0 Å². The second-order valence-electron chi connectivity index (χ2n) is 3.61. The number of ether oxygens (including phenoxy) is 1. The molecule has 3 heteroatoms. The van der Waals surface area contributed by atoms with E-state index in [1.165, 1.54) is 19.3 Å². The largest absolute Gasteiger partial charge is 0.465 e. The summed E-state index contributed by atoms with van der Waals surface area (Å²) in [5, 5.41) is 2.79. The summed E-state index contributed by atoms with van der Waals surface area (Å²) >= 11 is 0. The number of rotatable bonds is 6. The highest BCUT2D eigenvalue weighted by atomic mass is 16.5. The quantitative estimate of drug-likeness (QED) is 0.389. The summed E-state index contributed by atoms with van der Waals surface area (Å²) in [5.41, 5.74) is 0. The van der Waals surface area contributed by atoms with Crippen LogP contribution in [0.1, 0.15) is 25.7 Å². The zero-order valence-corrected chi connectivity index (χ0v) is 8.42. The van der Waals surface area contributed by atoms with E-state index in [2.05, 4.69) is 11.2 Å². The minimum atomic E-state index is -0.209. The van der Waals surface area contributed by atoms with Crippen LogP contribution < -0.4 is 5.32 Å². The summed E-state index contributed by atoms with van der Waals surface area (Å²) < 4.78 is 5.02. The molecule has 0 unspecified atom stereocenters. The van der Waals surface area contributed by atoms with Crippen LogP contribution in [0, 0.1) is 18.3 Å². The highest BCUT2D eigenvalue weighted by Crippen LogP contribution is 2.28. The monoisotopic (exact) mass is 195 g/mol. The molecule has 0 bridgehead atoms. The van der Waals surface area contributed by atoms with Gasteiger partial charge in [0, 0.05) is 0 Å². The number of carbonyl (C=O) groups is 1. The molecular formula is C11H17NO2. The first-order valence-corrected chi connectivity index (χ1v) is 5.12. The molecule has 0 spiro atoms. The lowest BCUT2D eigenvalue weighted by Crippen LogP contribution is -2.26. The van der Waals surface area contributed by atoms with Crippen molar-refractivity contribution in [3.8, 4) is 12.3 Å². The van der Waals surface area contributed by atoms with Crippen molar-refractivity contribution in [2.75, 3.05) is 19.7 Å². The average Bonchev–Trinajstić information content (AvgIpc) is 2.10. The molecule has 14 heavy (non-hydrogen) atoms. The van der Waals surface area contributed by atoms with Crippen LogP contribution in [0.4, 0.5) is 0 Å². The maximum Gasteiger partial charge on any atom is 0.319 e. The van der Waals surface area contributed by atoms with Gasteiger partial charge in [-0.25, -0.2) is 0 Å². The van der Waals surface area contributed by atoms with Crippen LogP contribution in [0.25, 0.3) is 0 Å². The van der Waals surface area contributed by atoms with Crippen molar-refractivity contribution in [2.24, 2.45) is 5.92 Å². The number of terminal acetylenes is 1. The zero-order chi connectivity index (χ0) is 10.2. The Balaban J connectivity index is 1.89. The second kappa shape index (κ2) is 6.44. The van der Waals surface area contributed by atoms with E-state index in [9.17, 15) is 4.79 Å². The maximum absolute atomic E-state index is 11.1. The Morgan fingerprint density at radius 2 is 2.36 bits per heavy atom. The van der Waals surface area contributed by atoms with Crippen LogP contribution in [0.5, 0.6) is 0 Å². The molecular weight excluding hydrogens is 178 g/mol. The van der Waals surface area contributed by atoms with Gasteiger partial charge in [0.05, 0.1) is 19.7 Å². The Bertz CT molecular complexity index is 216. The summed E-state index contributed by atoms with van der Waals surface area (Å²) in [4.78, 5) is 11.1. The summed E-state index contributed by atoms with van der Waals surface area (Å²) in [7, 11) is 0. The van der Waals surface area contributed by atoms with Gasteiger partial charge in [-0.3, -0.25) is 10.1 Å². The molecule has 1 aliphatic carbocycles. The first-order chi connectivity index (χ1) is 6.83. The third kappa shape index (κ3) is 4.29. The number of nitrogens with one attached hydrogen (secondary N) is 1. The molecule has 0 aromatic carbocycles. The van der Waals surface area contributed by atoms with Gasteiger partial charge in [-0.2, -0.15) is 0 Å². The minimum absolute atomic E-state index is 0.209. The first kappa shape index (κ1) is 11.1. The Morgan fingerprint density at radius 1 is 1.57 bits per heavy atom. The molecule has 0 heterocycles. The van der Waals surface area contributed by atoms with Crippen LogP contribution in [0.2, 0.25) is 0 Å². The van der Waals surface area contributed by atoms with E-state index in [0.717, 1.165) is 12.3 Å². The van der Waals surface area contributed by atoms with Crippen LogP contribution in [0.3, 0.4) is 0 Å². The predicted molar refractivity (Wildman–Crippen MR) is 54.6 cm³/mol. The molecule has 0 radical (unpaired) electrons. The van der Waals surface area contributed by atoms with Gasteiger partial charge in [-0.1, -0.05) is 25.2 Å². The smallest absolute Gasteiger partial charge is 0.319 e. The lowest BCUT2D eigenvalue weighted by Gasteiger charge is -2.24. The summed E-state index contributed by atoms with van der Waals surface area (Å²) in [5.74, 6) is 2.98. The third-order valence-electron chi connectivity index (χ3n) is 2.51. The standard InChI is InChI=1S/C11H17NO2/c1-2-7-12-9-11(13)14-8-6-10-4-3-5-10/h1,10,12H,3-9H2. The van der Waals surface area contributed by atoms with Crippen molar-refractivity contribution >= 4 is 5.97 Å². The lowest BCUT2D eigenvalue weighted by molar-refractivity contribution is -0.143. The van der Waals surface area contributed by atoms with Crippen LogP contribution in [-0.4, -0.2) is 25.7 Å². The van der Waals surface area contributed by atoms with Crippen molar-refractivity contribution in [3.63, 3.8) is 0 Å². The Kier molecular flexibility index (Phi) is 5.09. The average molecular weight is 195 g/mol. The third-order valence-corrected chi connectivity index (χ3v) is 2.51. The summed E-state index contributed by atoms with van der Waals surface area (Å²) in [6, 6.07) is 0. The van der Waals surface area contributed by atoms with Gasteiger partial charge >= 0.3 is 5.97 Å². The fourth-order valence-electron chi connectivity index (χ4n) is 1.41. The van der Waals surface area contributed by atoms with Crippen molar-refractivity contribution in [3.05, 3.63) is 0 Å². The highest BCUT2D eigenvalue weighted by Gasteiger charge is 2.17. The van der Waals surface area contributed by atoms with Gasteiger partial charge in [-0.15, -0.1) is 6.42 Å². The highest BCUT2D eigenvalue weighted by molar-refractivity contribution is 5.71. The molecule has 1 saturated carbocycles. The van der Waals surface area contributed by atoms with Gasteiger partial charge in [0.15, 0.2) is 0 Å². The molecule has 0 saturated heterocycles. The number of esters is 1. The molecule has 0 aromatic rings. The Morgan fingerprint density at radius 3 is 2.93 bits per heavy atom. The van der Waals surface area contributed by atoms with E-state index in [-0.39, 0.29) is 12.5 Å². The SMILES string of the molecule is C#CCNCC(=O)OCCC1CCC1. The first-order valence-electron chi connectivity index (χ1n) is 5.12. The van der Waals surface area contributed by atoms with Crippen molar-refractivity contribution in [2.45, 2.75) is 25.7 Å². The van der Waals surface area contributed by atoms with Crippen molar-refractivity contribution in [1.82, 2.24) is 5.32 Å². The van der Waals surface area contributed by atoms with E-state index in [1.807, 2.05) is 0 Å². The Labute approximate surface area is 85.2 Å². The van der Waals surface area contributed by atoms with E-state index >= 15 is 0 Å². The summed E-state index contributed by atoms with van der Waals surface area (Å²) in [6.07, 6.45) is 9.96. The molecule has 3 nitrogen and oxygen atoms in total. The minimum Gasteiger partial charge on any atom is -0.465 e. The van der Waals surface area contributed by atoms with Crippen LogP contribution >= 0.6 is 0 Å². The predicted octanol–water partition coefficient (Wildman–Crippen LogP) is 0.943. The fraction of sp³-hybridized carbons (Fsp3) is 0.727.